The van der Waals surface area contributed by atoms with Gasteiger partial charge in [0.15, 0.2) is 0 Å². The van der Waals surface area contributed by atoms with E-state index in [-0.39, 0.29) is 5.56 Å². The first-order valence-corrected chi connectivity index (χ1v) is 7.18. The summed E-state index contributed by atoms with van der Waals surface area (Å²) in [5, 5.41) is 1.04. The van der Waals surface area contributed by atoms with Crippen LogP contribution in [-0.2, 0) is 0 Å². The molecular weight excluding hydrogens is 338 g/mol. The fourth-order valence-electron chi connectivity index (χ4n) is 2.01. The Bertz CT molecular complexity index is 421. The van der Waals surface area contributed by atoms with E-state index in [2.05, 4.69) is 46.7 Å². The Labute approximate surface area is 111 Å². The quantitative estimate of drug-likeness (QED) is 0.850. The molecule has 6 heteroatoms. The lowest BCUT2D eigenvalue weighted by Crippen LogP contribution is -2.24. The highest BCUT2D eigenvalue weighted by molar-refractivity contribution is 9.10. The van der Waals surface area contributed by atoms with Crippen LogP contribution in [0.15, 0.2) is 15.6 Å². The minimum absolute atomic E-state index is 0.117. The molecule has 1 aliphatic rings. The van der Waals surface area contributed by atoms with Gasteiger partial charge < -0.3 is 9.88 Å². The topological polar surface area (TPSA) is 49.0 Å². The first kappa shape index (κ1) is 12.1. The van der Waals surface area contributed by atoms with E-state index in [1.807, 2.05) is 0 Å². The van der Waals surface area contributed by atoms with Gasteiger partial charge in [-0.1, -0.05) is 15.9 Å². The molecule has 1 N–H and O–H groups in total. The monoisotopic (exact) mass is 349 g/mol. The summed E-state index contributed by atoms with van der Waals surface area (Å²) in [6, 6.07) is 0. The number of nitrogens with zero attached hydrogens (tertiary/aromatic N) is 2. The number of nitrogens with one attached hydrogen (secondary N) is 1. The van der Waals surface area contributed by atoms with Gasteiger partial charge in [-0.25, -0.2) is 4.98 Å². The second-order valence-corrected chi connectivity index (χ2v) is 5.53. The Hall–Kier alpha value is -0.360. The van der Waals surface area contributed by atoms with Crippen molar-refractivity contribution in [2.75, 3.05) is 23.3 Å². The van der Waals surface area contributed by atoms with Gasteiger partial charge in [0.25, 0.3) is 5.56 Å². The molecule has 2 heterocycles. The fourth-order valence-corrected chi connectivity index (χ4v) is 3.12. The number of rotatable bonds is 3. The number of anilines is 1. The van der Waals surface area contributed by atoms with Crippen molar-refractivity contribution in [2.24, 2.45) is 5.92 Å². The van der Waals surface area contributed by atoms with Gasteiger partial charge in [0, 0.05) is 18.4 Å². The van der Waals surface area contributed by atoms with E-state index in [1.54, 1.807) is 0 Å². The highest BCUT2D eigenvalue weighted by Crippen LogP contribution is 2.27. The Balaban J connectivity index is 2.14. The van der Waals surface area contributed by atoms with Gasteiger partial charge in [0.1, 0.15) is 10.3 Å². The van der Waals surface area contributed by atoms with Crippen LogP contribution in [0.25, 0.3) is 0 Å². The normalized spacial score (nSPS) is 20.4. The Morgan fingerprint density at radius 1 is 1.62 bits per heavy atom. The van der Waals surface area contributed by atoms with Crippen molar-refractivity contribution in [3.63, 3.8) is 0 Å². The molecule has 2 rings (SSSR count). The average molecular weight is 351 g/mol. The molecule has 88 valence electrons. The number of aromatic nitrogens is 2. The van der Waals surface area contributed by atoms with E-state index in [1.165, 1.54) is 19.2 Å². The number of alkyl halides is 1. The first-order chi connectivity index (χ1) is 7.72. The predicted molar refractivity (Wildman–Crippen MR) is 71.3 cm³/mol. The van der Waals surface area contributed by atoms with Crippen LogP contribution in [0.3, 0.4) is 0 Å². The molecular formula is C10H13Br2N3O. The molecule has 1 aromatic rings. The van der Waals surface area contributed by atoms with Crippen molar-refractivity contribution < 1.29 is 0 Å². The maximum Gasteiger partial charge on any atom is 0.267 e. The van der Waals surface area contributed by atoms with Gasteiger partial charge in [-0.2, -0.15) is 0 Å². The Kier molecular flexibility index (Phi) is 4.02. The minimum Gasteiger partial charge on any atom is -0.355 e. The van der Waals surface area contributed by atoms with Gasteiger partial charge in [0.2, 0.25) is 0 Å². The minimum atomic E-state index is -0.117. The third-order valence-corrected chi connectivity index (χ3v) is 4.05. The number of hydrogen-bond donors (Lipinski definition) is 1. The summed E-state index contributed by atoms with van der Waals surface area (Å²) in [6.07, 6.45) is 3.81. The Morgan fingerprint density at radius 3 is 3.19 bits per heavy atom. The molecule has 1 atom stereocenters. The summed E-state index contributed by atoms with van der Waals surface area (Å²) >= 11 is 6.76. The highest BCUT2D eigenvalue weighted by Gasteiger charge is 2.24. The largest absolute Gasteiger partial charge is 0.355 e. The predicted octanol–water partition coefficient (Wildman–Crippen LogP) is 2.14. The zero-order valence-electron chi connectivity index (χ0n) is 8.75. The lowest BCUT2D eigenvalue weighted by Gasteiger charge is -2.17. The van der Waals surface area contributed by atoms with E-state index in [0.29, 0.717) is 10.4 Å². The molecule has 0 radical (unpaired) electrons. The standard InChI is InChI=1S/C10H13Br2N3O/c11-3-1-7-2-4-15(5-7)9-8(12)10(16)14-6-13-9/h6-7H,1-5H2,(H,13,14,16). The van der Waals surface area contributed by atoms with Crippen LogP contribution in [-0.4, -0.2) is 28.4 Å². The average Bonchev–Trinajstić information content (AvgIpc) is 2.71. The molecule has 0 amide bonds. The molecule has 0 saturated carbocycles. The molecule has 1 fully saturated rings. The molecule has 4 nitrogen and oxygen atoms in total. The summed E-state index contributed by atoms with van der Waals surface area (Å²) in [5.41, 5.74) is -0.117. The number of aromatic amines is 1. The van der Waals surface area contributed by atoms with Gasteiger partial charge >= 0.3 is 0 Å². The Morgan fingerprint density at radius 2 is 2.44 bits per heavy atom. The van der Waals surface area contributed by atoms with Crippen molar-refractivity contribution in [1.29, 1.82) is 0 Å². The smallest absolute Gasteiger partial charge is 0.267 e. The van der Waals surface area contributed by atoms with Crippen molar-refractivity contribution in [3.05, 3.63) is 21.2 Å². The van der Waals surface area contributed by atoms with Crippen LogP contribution in [0, 0.1) is 5.92 Å². The van der Waals surface area contributed by atoms with Crippen LogP contribution < -0.4 is 10.5 Å². The zero-order valence-corrected chi connectivity index (χ0v) is 11.9. The molecule has 0 bridgehead atoms. The van der Waals surface area contributed by atoms with Crippen molar-refractivity contribution >= 4 is 37.7 Å². The summed E-state index contributed by atoms with van der Waals surface area (Å²) in [7, 11) is 0. The van der Waals surface area contributed by atoms with Crippen LogP contribution in [0.5, 0.6) is 0 Å². The van der Waals surface area contributed by atoms with Crippen LogP contribution in [0.2, 0.25) is 0 Å². The molecule has 1 saturated heterocycles. The van der Waals surface area contributed by atoms with E-state index < -0.39 is 0 Å². The maximum absolute atomic E-state index is 11.4. The number of H-pyrrole nitrogens is 1. The summed E-state index contributed by atoms with van der Waals surface area (Å²) in [4.78, 5) is 20.4. The molecule has 1 aliphatic heterocycles. The first-order valence-electron chi connectivity index (χ1n) is 5.26. The summed E-state index contributed by atoms with van der Waals surface area (Å²) in [6.45, 7) is 1.97. The SMILES string of the molecule is O=c1[nH]cnc(N2CCC(CCBr)C2)c1Br. The van der Waals surface area contributed by atoms with Crippen molar-refractivity contribution in [1.82, 2.24) is 9.97 Å². The van der Waals surface area contributed by atoms with Gasteiger partial charge in [-0.3, -0.25) is 4.79 Å². The van der Waals surface area contributed by atoms with Gasteiger partial charge in [0.05, 0.1) is 6.33 Å². The number of hydrogen-bond acceptors (Lipinski definition) is 3. The molecule has 1 unspecified atom stereocenters. The van der Waals surface area contributed by atoms with E-state index in [0.717, 1.165) is 24.2 Å². The highest BCUT2D eigenvalue weighted by atomic mass is 79.9. The molecule has 0 spiro atoms. The van der Waals surface area contributed by atoms with E-state index in [9.17, 15) is 4.79 Å². The lowest BCUT2D eigenvalue weighted by molar-refractivity contribution is 0.575. The second kappa shape index (κ2) is 5.31. The van der Waals surface area contributed by atoms with Gasteiger partial charge in [-0.05, 0) is 34.7 Å². The molecule has 1 aromatic heterocycles. The third-order valence-electron chi connectivity index (χ3n) is 2.88. The van der Waals surface area contributed by atoms with Crippen LogP contribution in [0.4, 0.5) is 5.82 Å². The van der Waals surface area contributed by atoms with Crippen LogP contribution >= 0.6 is 31.9 Å². The molecule has 0 aliphatic carbocycles. The van der Waals surface area contributed by atoms with Crippen molar-refractivity contribution in [2.45, 2.75) is 12.8 Å². The number of halogens is 2. The fraction of sp³-hybridized carbons (Fsp3) is 0.600. The molecule has 16 heavy (non-hydrogen) atoms. The lowest BCUT2D eigenvalue weighted by atomic mass is 10.1. The molecule has 0 aromatic carbocycles. The van der Waals surface area contributed by atoms with Gasteiger partial charge in [-0.15, -0.1) is 0 Å². The van der Waals surface area contributed by atoms with Crippen LogP contribution in [0.1, 0.15) is 12.8 Å². The maximum atomic E-state index is 11.4. The zero-order chi connectivity index (χ0) is 11.5. The van der Waals surface area contributed by atoms with Crippen molar-refractivity contribution in [3.8, 4) is 0 Å². The third kappa shape index (κ3) is 2.48. The van der Waals surface area contributed by atoms with E-state index >= 15 is 0 Å². The van der Waals surface area contributed by atoms with E-state index in [4.69, 9.17) is 0 Å². The summed E-state index contributed by atoms with van der Waals surface area (Å²) < 4.78 is 0.537. The second-order valence-electron chi connectivity index (χ2n) is 3.95. The summed E-state index contributed by atoms with van der Waals surface area (Å²) in [5.74, 6) is 1.47.